The van der Waals surface area contributed by atoms with Crippen LogP contribution in [0, 0.1) is 0 Å². The molecule has 17 heavy (non-hydrogen) atoms. The lowest BCUT2D eigenvalue weighted by atomic mass is 10.3. The monoisotopic (exact) mass is 246 g/mol. The van der Waals surface area contributed by atoms with E-state index in [1.165, 1.54) is 0 Å². The van der Waals surface area contributed by atoms with Gasteiger partial charge in [0.1, 0.15) is 16.6 Å². The third-order valence-corrected chi connectivity index (χ3v) is 3.21. The Morgan fingerprint density at radius 1 is 1.12 bits per heavy atom. The molecular formula is C13H14N2OS. The maximum absolute atomic E-state index is 5.12. The topological polar surface area (TPSA) is 34.1 Å². The summed E-state index contributed by atoms with van der Waals surface area (Å²) >= 11 is 1.63. The Bertz CT molecular complexity index is 485. The van der Waals surface area contributed by atoms with Crippen LogP contribution in [0.2, 0.25) is 0 Å². The van der Waals surface area contributed by atoms with E-state index in [4.69, 9.17) is 4.74 Å². The summed E-state index contributed by atoms with van der Waals surface area (Å²) in [5, 5.41) is 4.00. The minimum Gasteiger partial charge on any atom is -0.497 e. The molecule has 0 bridgehead atoms. The fraction of sp³-hybridized carbons (Fsp3) is 0.154. The van der Waals surface area contributed by atoms with Crippen molar-refractivity contribution in [1.82, 2.24) is 4.98 Å². The van der Waals surface area contributed by atoms with Crippen LogP contribution >= 0.6 is 11.8 Å². The molecule has 88 valence electrons. The standard InChI is InChI=1S/C13H14N2OS/c1-14-12-4-3-5-13(15-12)17-11-8-6-10(16-2)7-9-11/h3-9H,1-2H3,(H,14,15). The molecule has 0 saturated heterocycles. The number of anilines is 1. The Hall–Kier alpha value is -1.68. The molecule has 0 atom stereocenters. The van der Waals surface area contributed by atoms with Crippen molar-refractivity contribution >= 4 is 17.6 Å². The number of rotatable bonds is 4. The Balaban J connectivity index is 2.13. The molecule has 0 aliphatic carbocycles. The van der Waals surface area contributed by atoms with Crippen molar-refractivity contribution in [2.24, 2.45) is 0 Å². The number of nitrogens with zero attached hydrogens (tertiary/aromatic N) is 1. The Kier molecular flexibility index (Phi) is 3.88. The van der Waals surface area contributed by atoms with Crippen LogP contribution in [0.1, 0.15) is 0 Å². The molecule has 0 spiro atoms. The van der Waals surface area contributed by atoms with Crippen LogP contribution in [-0.2, 0) is 0 Å². The number of nitrogens with one attached hydrogen (secondary N) is 1. The van der Waals surface area contributed by atoms with Gasteiger partial charge in [0.25, 0.3) is 0 Å². The quantitative estimate of drug-likeness (QED) is 0.897. The zero-order valence-corrected chi connectivity index (χ0v) is 10.6. The van der Waals surface area contributed by atoms with Crippen molar-refractivity contribution < 1.29 is 4.74 Å². The van der Waals surface area contributed by atoms with Crippen molar-refractivity contribution in [3.63, 3.8) is 0 Å². The first-order valence-corrected chi connectivity index (χ1v) is 6.10. The van der Waals surface area contributed by atoms with E-state index in [0.717, 1.165) is 21.5 Å². The van der Waals surface area contributed by atoms with Crippen molar-refractivity contribution in [2.45, 2.75) is 9.92 Å². The number of hydrogen-bond donors (Lipinski definition) is 1. The van der Waals surface area contributed by atoms with Gasteiger partial charge in [-0.3, -0.25) is 0 Å². The molecule has 0 amide bonds. The lowest BCUT2D eigenvalue weighted by Gasteiger charge is -2.04. The fourth-order valence-electron chi connectivity index (χ4n) is 1.38. The van der Waals surface area contributed by atoms with Crippen LogP contribution in [0.3, 0.4) is 0 Å². The average molecular weight is 246 g/mol. The van der Waals surface area contributed by atoms with Gasteiger partial charge in [-0.15, -0.1) is 0 Å². The molecule has 1 aromatic heterocycles. The number of benzene rings is 1. The molecule has 4 heteroatoms. The molecular weight excluding hydrogens is 232 g/mol. The minimum atomic E-state index is 0.867. The highest BCUT2D eigenvalue weighted by Crippen LogP contribution is 2.28. The Morgan fingerprint density at radius 2 is 1.88 bits per heavy atom. The molecule has 0 radical (unpaired) electrons. The average Bonchev–Trinajstić information content (AvgIpc) is 2.40. The van der Waals surface area contributed by atoms with E-state index in [-0.39, 0.29) is 0 Å². The summed E-state index contributed by atoms with van der Waals surface area (Å²) in [5.74, 6) is 1.75. The molecule has 0 unspecified atom stereocenters. The first-order valence-electron chi connectivity index (χ1n) is 5.28. The molecule has 2 rings (SSSR count). The first kappa shape index (κ1) is 11.8. The minimum absolute atomic E-state index is 0.867. The third-order valence-electron chi connectivity index (χ3n) is 2.26. The van der Waals surface area contributed by atoms with Gasteiger partial charge in [-0.05, 0) is 36.4 Å². The summed E-state index contributed by atoms with van der Waals surface area (Å²) in [6.07, 6.45) is 0. The van der Waals surface area contributed by atoms with Crippen molar-refractivity contribution in [1.29, 1.82) is 0 Å². The van der Waals surface area contributed by atoms with Gasteiger partial charge in [0.2, 0.25) is 0 Å². The summed E-state index contributed by atoms with van der Waals surface area (Å²) in [6, 6.07) is 13.9. The maximum atomic E-state index is 5.12. The van der Waals surface area contributed by atoms with Crippen LogP contribution in [0.4, 0.5) is 5.82 Å². The van der Waals surface area contributed by atoms with Gasteiger partial charge in [0.15, 0.2) is 0 Å². The van der Waals surface area contributed by atoms with Crippen LogP contribution in [-0.4, -0.2) is 19.1 Å². The van der Waals surface area contributed by atoms with Gasteiger partial charge in [-0.1, -0.05) is 17.8 Å². The summed E-state index contributed by atoms with van der Waals surface area (Å²) in [5.41, 5.74) is 0. The second kappa shape index (κ2) is 5.59. The molecule has 0 aliphatic heterocycles. The van der Waals surface area contributed by atoms with E-state index < -0.39 is 0 Å². The predicted octanol–water partition coefficient (Wildman–Crippen LogP) is 3.28. The second-order valence-electron chi connectivity index (χ2n) is 3.39. The van der Waals surface area contributed by atoms with E-state index in [0.29, 0.717) is 0 Å². The van der Waals surface area contributed by atoms with Crippen molar-refractivity contribution in [3.8, 4) is 5.75 Å². The van der Waals surface area contributed by atoms with E-state index in [9.17, 15) is 0 Å². The smallest absolute Gasteiger partial charge is 0.127 e. The summed E-state index contributed by atoms with van der Waals surface area (Å²) in [4.78, 5) is 5.59. The molecule has 3 nitrogen and oxygen atoms in total. The van der Waals surface area contributed by atoms with Crippen LogP contribution in [0.25, 0.3) is 0 Å². The third kappa shape index (κ3) is 3.14. The molecule has 0 saturated carbocycles. The van der Waals surface area contributed by atoms with E-state index in [1.807, 2.05) is 49.5 Å². The highest BCUT2D eigenvalue weighted by atomic mass is 32.2. The number of ether oxygens (including phenoxy) is 1. The number of methoxy groups -OCH3 is 1. The van der Waals surface area contributed by atoms with Gasteiger partial charge in [0.05, 0.1) is 7.11 Å². The molecule has 2 aromatic rings. The van der Waals surface area contributed by atoms with E-state index >= 15 is 0 Å². The zero-order valence-electron chi connectivity index (χ0n) is 9.81. The largest absolute Gasteiger partial charge is 0.497 e. The van der Waals surface area contributed by atoms with Gasteiger partial charge < -0.3 is 10.1 Å². The van der Waals surface area contributed by atoms with Crippen LogP contribution in [0.5, 0.6) is 5.75 Å². The zero-order chi connectivity index (χ0) is 12.1. The van der Waals surface area contributed by atoms with Gasteiger partial charge in [-0.2, -0.15) is 0 Å². The number of pyridine rings is 1. The maximum Gasteiger partial charge on any atom is 0.127 e. The molecule has 0 aliphatic rings. The number of aromatic nitrogens is 1. The van der Waals surface area contributed by atoms with Crippen molar-refractivity contribution in [2.75, 3.05) is 19.5 Å². The summed E-state index contributed by atoms with van der Waals surface area (Å²) in [6.45, 7) is 0. The summed E-state index contributed by atoms with van der Waals surface area (Å²) < 4.78 is 5.12. The molecule has 1 aromatic carbocycles. The van der Waals surface area contributed by atoms with Gasteiger partial charge >= 0.3 is 0 Å². The lowest BCUT2D eigenvalue weighted by molar-refractivity contribution is 0.414. The van der Waals surface area contributed by atoms with Crippen molar-refractivity contribution in [3.05, 3.63) is 42.5 Å². The molecule has 1 heterocycles. The SMILES string of the molecule is CNc1cccc(Sc2ccc(OC)cc2)n1. The van der Waals surface area contributed by atoms with E-state index in [1.54, 1.807) is 18.9 Å². The molecule has 0 fully saturated rings. The first-order chi connectivity index (χ1) is 8.31. The highest BCUT2D eigenvalue weighted by Gasteiger charge is 2.00. The van der Waals surface area contributed by atoms with Crippen LogP contribution in [0.15, 0.2) is 52.4 Å². The number of hydrogen-bond acceptors (Lipinski definition) is 4. The summed E-state index contributed by atoms with van der Waals surface area (Å²) in [7, 11) is 3.53. The van der Waals surface area contributed by atoms with Crippen LogP contribution < -0.4 is 10.1 Å². The molecule has 1 N–H and O–H groups in total. The second-order valence-corrected chi connectivity index (χ2v) is 4.48. The Morgan fingerprint density at radius 3 is 2.53 bits per heavy atom. The Labute approximate surface area is 105 Å². The lowest BCUT2D eigenvalue weighted by Crippen LogP contribution is -1.92. The van der Waals surface area contributed by atoms with Gasteiger partial charge in [0, 0.05) is 11.9 Å². The highest BCUT2D eigenvalue weighted by molar-refractivity contribution is 7.99. The van der Waals surface area contributed by atoms with Gasteiger partial charge in [-0.25, -0.2) is 4.98 Å². The fourth-order valence-corrected chi connectivity index (χ4v) is 2.18. The predicted molar refractivity (Wildman–Crippen MR) is 70.9 cm³/mol. The normalized spacial score (nSPS) is 10.0. The van der Waals surface area contributed by atoms with E-state index in [2.05, 4.69) is 10.3 Å².